The van der Waals surface area contributed by atoms with Crippen molar-refractivity contribution < 1.29 is 5.11 Å². The highest BCUT2D eigenvalue weighted by atomic mass is 16.3. The summed E-state index contributed by atoms with van der Waals surface area (Å²) in [6, 6.07) is 3.90. The summed E-state index contributed by atoms with van der Waals surface area (Å²) in [5, 5.41) is 15.0. The molecule has 0 saturated heterocycles. The lowest BCUT2D eigenvalue weighted by Gasteiger charge is -2.18. The number of aryl methyl sites for hydroxylation is 1. The van der Waals surface area contributed by atoms with Gasteiger partial charge in [-0.3, -0.25) is 14.9 Å². The second kappa shape index (κ2) is 7.48. The van der Waals surface area contributed by atoms with Gasteiger partial charge in [-0.1, -0.05) is 26.8 Å². The van der Waals surface area contributed by atoms with E-state index in [0.29, 0.717) is 42.4 Å². The molecule has 144 valence electrons. The predicted octanol–water partition coefficient (Wildman–Crippen LogP) is 1.80. The van der Waals surface area contributed by atoms with Gasteiger partial charge in [0.2, 0.25) is 5.95 Å². The van der Waals surface area contributed by atoms with Crippen LogP contribution in [-0.2, 0) is 11.8 Å². The number of aliphatic hydroxyl groups is 1. The van der Waals surface area contributed by atoms with Gasteiger partial charge in [-0.05, 0) is 25.0 Å². The molecule has 0 saturated carbocycles. The lowest BCUT2D eigenvalue weighted by Crippen LogP contribution is -2.20. The molecular weight excluding hydrogens is 344 g/mol. The Morgan fingerprint density at radius 3 is 2.67 bits per heavy atom. The first kappa shape index (κ1) is 19.0. The van der Waals surface area contributed by atoms with Crippen molar-refractivity contribution in [2.24, 2.45) is 0 Å². The Morgan fingerprint density at radius 1 is 1.26 bits per heavy atom. The van der Waals surface area contributed by atoms with Crippen LogP contribution in [0.5, 0.6) is 0 Å². The summed E-state index contributed by atoms with van der Waals surface area (Å²) in [5.74, 6) is 1.17. The highest BCUT2D eigenvalue weighted by Crippen LogP contribution is 2.22. The van der Waals surface area contributed by atoms with E-state index >= 15 is 0 Å². The number of aliphatic hydroxyl groups excluding tert-OH is 1. The highest BCUT2D eigenvalue weighted by Gasteiger charge is 2.23. The summed E-state index contributed by atoms with van der Waals surface area (Å²) in [6.45, 7) is 8.66. The first-order valence-corrected chi connectivity index (χ1v) is 9.08. The van der Waals surface area contributed by atoms with E-state index in [9.17, 15) is 4.79 Å². The van der Waals surface area contributed by atoms with Gasteiger partial charge < -0.3 is 10.4 Å². The third-order valence-corrected chi connectivity index (χ3v) is 4.25. The number of fused-ring (bicyclic) bond motifs is 1. The topological polar surface area (TPSA) is 108 Å². The Balaban J connectivity index is 2.10. The number of nitrogens with zero attached hydrogens (tertiary/aromatic N) is 4. The van der Waals surface area contributed by atoms with Crippen LogP contribution in [0, 0.1) is 6.92 Å². The smallest absolute Gasteiger partial charge is 0.270 e. The average Bonchev–Trinajstić information content (AvgIpc) is 2.92. The number of hydrogen-bond acceptors (Lipinski definition) is 6. The van der Waals surface area contributed by atoms with E-state index in [-0.39, 0.29) is 17.6 Å². The minimum atomic E-state index is -0.273. The molecule has 3 heterocycles. The molecule has 0 fully saturated rings. The van der Waals surface area contributed by atoms with Crippen LogP contribution in [0.25, 0.3) is 5.65 Å². The quantitative estimate of drug-likeness (QED) is 0.571. The van der Waals surface area contributed by atoms with Crippen molar-refractivity contribution in [3.8, 4) is 0 Å². The number of hydrogen-bond donors (Lipinski definition) is 3. The fourth-order valence-corrected chi connectivity index (χ4v) is 2.70. The van der Waals surface area contributed by atoms with Crippen LogP contribution < -0.4 is 10.9 Å². The SMILES string of the molecule is Cc1ccc(Cc2c(=O)[nH]n3c(NCCCO)nc(C(C)(C)C)nc23)cn1. The summed E-state index contributed by atoms with van der Waals surface area (Å²) in [6.07, 6.45) is 2.81. The normalized spacial score (nSPS) is 11.9. The summed E-state index contributed by atoms with van der Waals surface area (Å²) >= 11 is 0. The minimum Gasteiger partial charge on any atom is -0.396 e. The Labute approximate surface area is 157 Å². The Bertz CT molecular complexity index is 982. The van der Waals surface area contributed by atoms with Gasteiger partial charge in [0.1, 0.15) is 5.82 Å². The van der Waals surface area contributed by atoms with Gasteiger partial charge in [0, 0.05) is 36.9 Å². The molecule has 0 spiro atoms. The van der Waals surface area contributed by atoms with Crippen molar-refractivity contribution in [2.75, 3.05) is 18.5 Å². The Morgan fingerprint density at radius 2 is 2.04 bits per heavy atom. The largest absolute Gasteiger partial charge is 0.396 e. The van der Waals surface area contributed by atoms with Crippen molar-refractivity contribution in [1.82, 2.24) is 24.6 Å². The summed E-state index contributed by atoms with van der Waals surface area (Å²) < 4.78 is 1.59. The van der Waals surface area contributed by atoms with Crippen LogP contribution in [0.2, 0.25) is 0 Å². The van der Waals surface area contributed by atoms with Crippen molar-refractivity contribution >= 4 is 11.6 Å². The van der Waals surface area contributed by atoms with Crippen LogP contribution in [0.15, 0.2) is 23.1 Å². The van der Waals surface area contributed by atoms with Crippen LogP contribution >= 0.6 is 0 Å². The van der Waals surface area contributed by atoms with Crippen LogP contribution in [-0.4, -0.2) is 42.8 Å². The molecule has 8 heteroatoms. The van der Waals surface area contributed by atoms with E-state index in [2.05, 4.69) is 25.4 Å². The van der Waals surface area contributed by atoms with Crippen molar-refractivity contribution in [1.29, 1.82) is 0 Å². The van der Waals surface area contributed by atoms with Gasteiger partial charge in [0.15, 0.2) is 5.65 Å². The van der Waals surface area contributed by atoms with Gasteiger partial charge in [0.05, 0.1) is 5.56 Å². The molecule has 0 radical (unpaired) electrons. The second-order valence-corrected chi connectivity index (χ2v) is 7.69. The summed E-state index contributed by atoms with van der Waals surface area (Å²) in [5.41, 5.74) is 2.56. The Kier molecular flexibility index (Phi) is 5.27. The molecule has 8 nitrogen and oxygen atoms in total. The number of rotatable bonds is 6. The molecule has 0 aliphatic rings. The monoisotopic (exact) mass is 370 g/mol. The van der Waals surface area contributed by atoms with E-state index in [4.69, 9.17) is 5.11 Å². The lowest BCUT2D eigenvalue weighted by atomic mass is 9.96. The van der Waals surface area contributed by atoms with E-state index in [1.807, 2.05) is 39.8 Å². The van der Waals surface area contributed by atoms with Crippen LogP contribution in [0.4, 0.5) is 5.95 Å². The third kappa shape index (κ3) is 4.16. The van der Waals surface area contributed by atoms with Crippen molar-refractivity contribution in [3.05, 3.63) is 51.3 Å². The summed E-state index contributed by atoms with van der Waals surface area (Å²) in [7, 11) is 0. The molecule has 0 aromatic carbocycles. The molecule has 0 unspecified atom stereocenters. The average molecular weight is 370 g/mol. The number of aromatic nitrogens is 5. The molecule has 27 heavy (non-hydrogen) atoms. The van der Waals surface area contributed by atoms with Crippen LogP contribution in [0.3, 0.4) is 0 Å². The zero-order chi connectivity index (χ0) is 19.6. The fourth-order valence-electron chi connectivity index (χ4n) is 2.70. The van der Waals surface area contributed by atoms with Gasteiger partial charge in [-0.2, -0.15) is 4.98 Å². The lowest BCUT2D eigenvalue weighted by molar-refractivity contribution is 0.292. The van der Waals surface area contributed by atoms with Gasteiger partial charge in [-0.25, -0.2) is 9.50 Å². The minimum absolute atomic E-state index is 0.0846. The van der Waals surface area contributed by atoms with E-state index in [1.165, 1.54) is 0 Å². The van der Waals surface area contributed by atoms with Gasteiger partial charge in [0.25, 0.3) is 5.56 Å². The Hall–Kier alpha value is -2.74. The number of aromatic amines is 1. The molecule has 0 amide bonds. The molecule has 3 rings (SSSR count). The highest BCUT2D eigenvalue weighted by molar-refractivity contribution is 5.53. The molecule has 3 aromatic heterocycles. The first-order chi connectivity index (χ1) is 12.8. The third-order valence-electron chi connectivity index (χ3n) is 4.25. The number of pyridine rings is 1. The number of nitrogens with one attached hydrogen (secondary N) is 2. The van der Waals surface area contributed by atoms with Crippen molar-refractivity contribution in [2.45, 2.75) is 46.0 Å². The van der Waals surface area contributed by atoms with E-state index < -0.39 is 0 Å². The maximum atomic E-state index is 12.6. The summed E-state index contributed by atoms with van der Waals surface area (Å²) in [4.78, 5) is 26.2. The molecule has 0 bridgehead atoms. The second-order valence-electron chi connectivity index (χ2n) is 7.69. The predicted molar refractivity (Wildman–Crippen MR) is 104 cm³/mol. The van der Waals surface area contributed by atoms with Gasteiger partial charge >= 0.3 is 0 Å². The molecule has 0 aliphatic heterocycles. The zero-order valence-corrected chi connectivity index (χ0v) is 16.2. The number of H-pyrrole nitrogens is 1. The van der Waals surface area contributed by atoms with Gasteiger partial charge in [-0.15, -0.1) is 0 Å². The molecule has 0 atom stereocenters. The fraction of sp³-hybridized carbons (Fsp3) is 0.474. The maximum Gasteiger partial charge on any atom is 0.270 e. The van der Waals surface area contributed by atoms with Crippen molar-refractivity contribution in [3.63, 3.8) is 0 Å². The molecule has 0 aliphatic carbocycles. The van der Waals surface area contributed by atoms with Crippen LogP contribution in [0.1, 0.15) is 49.8 Å². The maximum absolute atomic E-state index is 12.6. The van der Waals surface area contributed by atoms with E-state index in [1.54, 1.807) is 10.7 Å². The molecule has 3 N–H and O–H groups in total. The molecule has 3 aromatic rings. The first-order valence-electron chi connectivity index (χ1n) is 9.08. The number of anilines is 1. The standard InChI is InChI=1S/C19H26N6O2/c1-12-6-7-13(11-21-12)10-14-15-22-17(19(2,3)4)23-18(20-8-5-9-26)25(15)24-16(14)27/h6-7,11,26H,5,8-10H2,1-4H3,(H,24,27)(H,20,22,23). The molecular formula is C19H26N6O2. The van der Waals surface area contributed by atoms with E-state index in [0.717, 1.165) is 11.3 Å². The zero-order valence-electron chi connectivity index (χ0n) is 16.2.